The Bertz CT molecular complexity index is 624. The first-order chi connectivity index (χ1) is 15.6. The fourth-order valence-electron chi connectivity index (χ4n) is 3.60. The standard InChI is InChI=1S/C30H54O4/c1-23(15-11-17-25(3)19-21-27(31)29(5,6)33)13-9-10-14-24(2)16-12-18-26(4)20-22-28(32)30(7,8)34/h13-14,17-18,27-28,31-34H,9-12,15-16,19-22H2,1-8H3/t27-,28-/m0/s1. The molecule has 2 atom stereocenters. The zero-order valence-corrected chi connectivity index (χ0v) is 23.3. The average molecular weight is 479 g/mol. The maximum absolute atomic E-state index is 9.93. The lowest BCUT2D eigenvalue weighted by Crippen LogP contribution is -2.35. The molecule has 0 saturated heterocycles. The smallest absolute Gasteiger partial charge is 0.0849 e. The quantitative estimate of drug-likeness (QED) is 0.135. The monoisotopic (exact) mass is 478 g/mol. The Hall–Kier alpha value is -1.20. The largest absolute Gasteiger partial charge is 0.390 e. The maximum atomic E-state index is 9.93. The topological polar surface area (TPSA) is 80.9 Å². The van der Waals surface area contributed by atoms with Crippen molar-refractivity contribution in [3.63, 3.8) is 0 Å². The molecule has 34 heavy (non-hydrogen) atoms. The van der Waals surface area contributed by atoms with Crippen LogP contribution in [0, 0.1) is 0 Å². The summed E-state index contributed by atoms with van der Waals surface area (Å²) in [6.07, 6.45) is 16.9. The summed E-state index contributed by atoms with van der Waals surface area (Å²) >= 11 is 0. The molecule has 4 N–H and O–H groups in total. The Morgan fingerprint density at radius 3 is 1.09 bits per heavy atom. The summed E-state index contributed by atoms with van der Waals surface area (Å²) in [5.41, 5.74) is 3.30. The average Bonchev–Trinajstić information content (AvgIpc) is 2.71. The molecule has 0 aromatic rings. The van der Waals surface area contributed by atoms with Crippen molar-refractivity contribution in [2.45, 2.75) is 143 Å². The summed E-state index contributed by atoms with van der Waals surface area (Å²) in [6.45, 7) is 15.2. The molecule has 0 rings (SSSR count). The first-order valence-corrected chi connectivity index (χ1v) is 13.1. The minimum absolute atomic E-state index is 0.590. The summed E-state index contributed by atoms with van der Waals surface area (Å²) in [5.74, 6) is 0. The van der Waals surface area contributed by atoms with Crippen LogP contribution >= 0.6 is 0 Å². The molecule has 0 aliphatic heterocycles. The predicted octanol–water partition coefficient (Wildman–Crippen LogP) is 6.94. The number of aliphatic hydroxyl groups is 4. The zero-order valence-electron chi connectivity index (χ0n) is 23.3. The zero-order chi connectivity index (χ0) is 26.4. The molecular weight excluding hydrogens is 424 g/mol. The van der Waals surface area contributed by atoms with E-state index in [-0.39, 0.29) is 0 Å². The van der Waals surface area contributed by atoms with Gasteiger partial charge in [0.2, 0.25) is 0 Å². The molecule has 0 aromatic heterocycles. The first kappa shape index (κ1) is 32.8. The van der Waals surface area contributed by atoms with Crippen LogP contribution < -0.4 is 0 Å². The van der Waals surface area contributed by atoms with Crippen molar-refractivity contribution in [1.82, 2.24) is 0 Å². The molecule has 0 aliphatic carbocycles. The third kappa shape index (κ3) is 17.3. The third-order valence-corrected chi connectivity index (χ3v) is 6.47. The van der Waals surface area contributed by atoms with Crippen LogP contribution in [0.25, 0.3) is 0 Å². The van der Waals surface area contributed by atoms with E-state index in [1.54, 1.807) is 27.7 Å². The Morgan fingerprint density at radius 1 is 0.529 bits per heavy atom. The van der Waals surface area contributed by atoms with Gasteiger partial charge in [-0.05, 0) is 120 Å². The predicted molar refractivity (Wildman–Crippen MR) is 146 cm³/mol. The molecule has 0 heterocycles. The molecule has 0 bridgehead atoms. The van der Waals surface area contributed by atoms with Crippen molar-refractivity contribution < 1.29 is 20.4 Å². The van der Waals surface area contributed by atoms with E-state index >= 15 is 0 Å². The van der Waals surface area contributed by atoms with E-state index in [1.807, 2.05) is 0 Å². The molecule has 0 spiro atoms. The van der Waals surface area contributed by atoms with E-state index in [1.165, 1.54) is 22.3 Å². The number of rotatable bonds is 17. The van der Waals surface area contributed by atoms with Crippen LogP contribution in [0.4, 0.5) is 0 Å². The highest BCUT2D eigenvalue weighted by atomic mass is 16.3. The molecule has 0 saturated carbocycles. The Morgan fingerprint density at radius 2 is 0.794 bits per heavy atom. The van der Waals surface area contributed by atoms with E-state index in [9.17, 15) is 20.4 Å². The fraction of sp³-hybridized carbons (Fsp3) is 0.733. The van der Waals surface area contributed by atoms with E-state index in [0.29, 0.717) is 12.8 Å². The fourth-order valence-corrected chi connectivity index (χ4v) is 3.60. The number of unbranched alkanes of at least 4 members (excludes halogenated alkanes) is 1. The molecule has 0 unspecified atom stereocenters. The van der Waals surface area contributed by atoms with Gasteiger partial charge < -0.3 is 20.4 Å². The molecule has 198 valence electrons. The van der Waals surface area contributed by atoms with Gasteiger partial charge in [-0.3, -0.25) is 0 Å². The van der Waals surface area contributed by atoms with Gasteiger partial charge in [-0.2, -0.15) is 0 Å². The van der Waals surface area contributed by atoms with E-state index in [4.69, 9.17) is 0 Å². The Labute approximate surface area is 210 Å². The third-order valence-electron chi connectivity index (χ3n) is 6.47. The van der Waals surface area contributed by atoms with Crippen molar-refractivity contribution in [3.05, 3.63) is 46.6 Å². The van der Waals surface area contributed by atoms with Gasteiger partial charge >= 0.3 is 0 Å². The van der Waals surface area contributed by atoms with Crippen molar-refractivity contribution in [2.24, 2.45) is 0 Å². The van der Waals surface area contributed by atoms with Crippen molar-refractivity contribution in [1.29, 1.82) is 0 Å². The van der Waals surface area contributed by atoms with Crippen LogP contribution in [0.3, 0.4) is 0 Å². The number of aliphatic hydroxyl groups excluding tert-OH is 2. The number of hydrogen-bond acceptors (Lipinski definition) is 4. The first-order valence-electron chi connectivity index (χ1n) is 13.1. The van der Waals surface area contributed by atoms with Crippen molar-refractivity contribution >= 4 is 0 Å². The minimum atomic E-state index is -1.04. The lowest BCUT2D eigenvalue weighted by atomic mass is 9.95. The lowest BCUT2D eigenvalue weighted by Gasteiger charge is -2.24. The molecular formula is C30H54O4. The second-order valence-electron chi connectivity index (χ2n) is 11.3. The number of allylic oxidation sites excluding steroid dienone is 8. The molecule has 4 nitrogen and oxygen atoms in total. The minimum Gasteiger partial charge on any atom is -0.390 e. The van der Waals surface area contributed by atoms with Gasteiger partial charge in [-0.1, -0.05) is 46.6 Å². The van der Waals surface area contributed by atoms with Crippen LogP contribution in [0.5, 0.6) is 0 Å². The van der Waals surface area contributed by atoms with Crippen molar-refractivity contribution in [3.8, 4) is 0 Å². The highest BCUT2D eigenvalue weighted by Crippen LogP contribution is 2.19. The molecule has 0 fully saturated rings. The van der Waals surface area contributed by atoms with E-state index < -0.39 is 23.4 Å². The Balaban J connectivity index is 4.16. The van der Waals surface area contributed by atoms with Gasteiger partial charge in [0.15, 0.2) is 0 Å². The SMILES string of the molecule is CC(=CCCC=C(C)CCC=C(C)CC[C@H](O)C(C)(C)O)CCC=C(C)CC[C@H](O)C(C)(C)O. The summed E-state index contributed by atoms with van der Waals surface area (Å²) in [6, 6.07) is 0. The van der Waals surface area contributed by atoms with Gasteiger partial charge in [0, 0.05) is 0 Å². The van der Waals surface area contributed by atoms with Gasteiger partial charge in [0.1, 0.15) is 0 Å². The normalized spacial score (nSPS) is 16.7. The van der Waals surface area contributed by atoms with Gasteiger partial charge in [-0.25, -0.2) is 0 Å². The molecule has 0 aromatic carbocycles. The molecule has 0 amide bonds. The lowest BCUT2D eigenvalue weighted by molar-refractivity contribution is -0.0510. The summed E-state index contributed by atoms with van der Waals surface area (Å²) in [5, 5.41) is 39.5. The van der Waals surface area contributed by atoms with Crippen LogP contribution in [-0.2, 0) is 0 Å². The molecule has 0 aliphatic rings. The molecule has 0 radical (unpaired) electrons. The van der Waals surface area contributed by atoms with E-state index in [2.05, 4.69) is 52.0 Å². The number of hydrogen-bond donors (Lipinski definition) is 4. The highest BCUT2D eigenvalue weighted by molar-refractivity contribution is 5.07. The van der Waals surface area contributed by atoms with Crippen molar-refractivity contribution in [2.75, 3.05) is 0 Å². The van der Waals surface area contributed by atoms with E-state index in [0.717, 1.165) is 51.4 Å². The molecule has 4 heteroatoms. The second-order valence-corrected chi connectivity index (χ2v) is 11.3. The Kier molecular flexibility index (Phi) is 15.9. The summed E-state index contributed by atoms with van der Waals surface area (Å²) < 4.78 is 0. The second kappa shape index (κ2) is 16.5. The van der Waals surface area contributed by atoms with Gasteiger partial charge in [0.25, 0.3) is 0 Å². The van der Waals surface area contributed by atoms with Crippen LogP contribution in [0.1, 0.15) is 120 Å². The highest BCUT2D eigenvalue weighted by Gasteiger charge is 2.24. The van der Waals surface area contributed by atoms with Gasteiger partial charge in [0.05, 0.1) is 23.4 Å². The summed E-state index contributed by atoms with van der Waals surface area (Å²) in [4.78, 5) is 0. The van der Waals surface area contributed by atoms with Gasteiger partial charge in [-0.15, -0.1) is 0 Å². The van der Waals surface area contributed by atoms with Crippen LogP contribution in [0.2, 0.25) is 0 Å². The summed E-state index contributed by atoms with van der Waals surface area (Å²) in [7, 11) is 0. The van der Waals surface area contributed by atoms with Crippen LogP contribution in [-0.4, -0.2) is 43.8 Å². The maximum Gasteiger partial charge on any atom is 0.0849 e. The van der Waals surface area contributed by atoms with Crippen LogP contribution in [0.15, 0.2) is 46.6 Å².